The molecule has 1 aromatic rings. The van der Waals surface area contributed by atoms with Crippen LogP contribution in [0.25, 0.3) is 0 Å². The van der Waals surface area contributed by atoms with Crippen molar-refractivity contribution in [3.8, 4) is 0 Å². The molecule has 29 heavy (non-hydrogen) atoms. The van der Waals surface area contributed by atoms with Gasteiger partial charge >= 0.3 is 0 Å². The third kappa shape index (κ3) is 5.00. The van der Waals surface area contributed by atoms with Gasteiger partial charge in [-0.1, -0.05) is 30.3 Å². The fourth-order valence-corrected chi connectivity index (χ4v) is 4.99. The fraction of sp³-hybridized carbons (Fsp3) is 0.667. The summed E-state index contributed by atoms with van der Waals surface area (Å²) in [7, 11) is 0. The van der Waals surface area contributed by atoms with Crippen molar-refractivity contribution in [1.29, 1.82) is 0 Å². The SMILES string of the molecule is CCN(Cc1ccccc1)C(=O)C1CCCN(C2CCN(C(=O)C3CC3)CC2)C1. The molecular weight excluding hydrogens is 362 g/mol. The van der Waals surface area contributed by atoms with Gasteiger partial charge in [-0.3, -0.25) is 14.5 Å². The molecule has 2 saturated heterocycles. The highest BCUT2D eigenvalue weighted by atomic mass is 16.2. The smallest absolute Gasteiger partial charge is 0.227 e. The predicted octanol–water partition coefficient (Wildman–Crippen LogP) is 3.15. The van der Waals surface area contributed by atoms with Crippen LogP contribution in [0.5, 0.6) is 0 Å². The number of rotatable bonds is 6. The molecule has 0 spiro atoms. The summed E-state index contributed by atoms with van der Waals surface area (Å²) in [6, 6.07) is 10.8. The van der Waals surface area contributed by atoms with Crippen LogP contribution in [-0.4, -0.2) is 65.3 Å². The van der Waals surface area contributed by atoms with Crippen molar-refractivity contribution < 1.29 is 9.59 Å². The Morgan fingerprint density at radius 2 is 1.69 bits per heavy atom. The van der Waals surface area contributed by atoms with Crippen molar-refractivity contribution in [2.24, 2.45) is 11.8 Å². The van der Waals surface area contributed by atoms with E-state index in [1.807, 2.05) is 23.1 Å². The Balaban J connectivity index is 1.30. The molecule has 0 N–H and O–H groups in total. The number of benzene rings is 1. The van der Waals surface area contributed by atoms with Gasteiger partial charge < -0.3 is 9.80 Å². The zero-order valence-corrected chi connectivity index (χ0v) is 17.8. The van der Waals surface area contributed by atoms with Crippen LogP contribution in [-0.2, 0) is 16.1 Å². The molecular formula is C24H35N3O2. The molecule has 1 saturated carbocycles. The number of hydrogen-bond donors (Lipinski definition) is 0. The molecule has 1 aromatic carbocycles. The van der Waals surface area contributed by atoms with E-state index in [2.05, 4.69) is 28.9 Å². The molecule has 3 aliphatic rings. The van der Waals surface area contributed by atoms with Crippen LogP contribution >= 0.6 is 0 Å². The van der Waals surface area contributed by atoms with Gasteiger partial charge in [-0.2, -0.15) is 0 Å². The van der Waals surface area contributed by atoms with Crippen LogP contribution in [0.15, 0.2) is 30.3 Å². The first-order chi connectivity index (χ1) is 14.2. The fourth-order valence-electron chi connectivity index (χ4n) is 4.99. The van der Waals surface area contributed by atoms with Crippen molar-refractivity contribution in [3.63, 3.8) is 0 Å². The van der Waals surface area contributed by atoms with Crippen molar-refractivity contribution in [3.05, 3.63) is 35.9 Å². The Hall–Kier alpha value is -1.88. The molecule has 0 bridgehead atoms. The highest BCUT2D eigenvalue weighted by molar-refractivity contribution is 5.81. The van der Waals surface area contributed by atoms with Gasteiger partial charge in [-0.25, -0.2) is 0 Å². The molecule has 1 aliphatic carbocycles. The van der Waals surface area contributed by atoms with Gasteiger partial charge in [-0.15, -0.1) is 0 Å². The maximum Gasteiger partial charge on any atom is 0.227 e. The van der Waals surface area contributed by atoms with Crippen molar-refractivity contribution >= 4 is 11.8 Å². The van der Waals surface area contributed by atoms with Crippen molar-refractivity contribution in [2.75, 3.05) is 32.7 Å². The highest BCUT2D eigenvalue weighted by Gasteiger charge is 2.37. The van der Waals surface area contributed by atoms with Crippen molar-refractivity contribution in [1.82, 2.24) is 14.7 Å². The monoisotopic (exact) mass is 397 g/mol. The van der Waals surface area contributed by atoms with Gasteiger partial charge in [0.2, 0.25) is 11.8 Å². The first-order valence-electron chi connectivity index (χ1n) is 11.5. The second-order valence-electron chi connectivity index (χ2n) is 9.00. The number of likely N-dealkylation sites (tertiary alicyclic amines) is 2. The van der Waals surface area contributed by atoms with Crippen molar-refractivity contribution in [2.45, 2.75) is 58.0 Å². The van der Waals surface area contributed by atoms with Gasteiger partial charge in [0, 0.05) is 44.7 Å². The van der Waals surface area contributed by atoms with Crippen LogP contribution in [0, 0.1) is 11.8 Å². The van der Waals surface area contributed by atoms with Gasteiger partial charge in [-0.05, 0) is 57.6 Å². The molecule has 2 heterocycles. The Bertz CT molecular complexity index is 695. The molecule has 0 radical (unpaired) electrons. The first kappa shape index (κ1) is 20.4. The van der Waals surface area contributed by atoms with E-state index >= 15 is 0 Å². The number of amides is 2. The topological polar surface area (TPSA) is 43.9 Å². The normalized spacial score (nSPS) is 23.8. The maximum absolute atomic E-state index is 13.2. The zero-order valence-electron chi connectivity index (χ0n) is 17.8. The van der Waals surface area contributed by atoms with E-state index in [0.717, 1.165) is 71.2 Å². The average Bonchev–Trinajstić information content (AvgIpc) is 3.63. The van der Waals surface area contributed by atoms with E-state index < -0.39 is 0 Å². The minimum atomic E-state index is 0.110. The largest absolute Gasteiger partial charge is 0.342 e. The Labute approximate surface area is 175 Å². The maximum atomic E-state index is 13.2. The number of carbonyl (C=O) groups is 2. The summed E-state index contributed by atoms with van der Waals surface area (Å²) in [6.07, 6.45) is 6.39. The minimum Gasteiger partial charge on any atom is -0.342 e. The number of nitrogens with zero attached hydrogens (tertiary/aromatic N) is 3. The molecule has 158 valence electrons. The van der Waals surface area contributed by atoms with Gasteiger partial charge in [0.15, 0.2) is 0 Å². The molecule has 1 atom stereocenters. The van der Waals surface area contributed by atoms with Gasteiger partial charge in [0.05, 0.1) is 5.92 Å². The third-order valence-electron chi connectivity index (χ3n) is 6.93. The van der Waals surface area contributed by atoms with E-state index in [9.17, 15) is 9.59 Å². The summed E-state index contributed by atoms with van der Waals surface area (Å²) >= 11 is 0. The van der Waals surface area contributed by atoms with E-state index in [-0.39, 0.29) is 5.92 Å². The lowest BCUT2D eigenvalue weighted by molar-refractivity contribution is -0.138. The third-order valence-corrected chi connectivity index (χ3v) is 6.93. The number of piperidine rings is 2. The molecule has 0 aromatic heterocycles. The summed E-state index contributed by atoms with van der Waals surface area (Å²) in [4.78, 5) is 32.2. The van der Waals surface area contributed by atoms with Gasteiger partial charge in [0.25, 0.3) is 0 Å². The summed E-state index contributed by atoms with van der Waals surface area (Å²) in [5.41, 5.74) is 1.20. The highest BCUT2D eigenvalue weighted by Crippen LogP contribution is 2.33. The molecule has 2 aliphatic heterocycles. The van der Waals surface area contributed by atoms with E-state index in [4.69, 9.17) is 0 Å². The lowest BCUT2D eigenvalue weighted by Gasteiger charge is -2.42. The quantitative estimate of drug-likeness (QED) is 0.741. The second kappa shape index (κ2) is 9.29. The summed E-state index contributed by atoms with van der Waals surface area (Å²) < 4.78 is 0. The predicted molar refractivity (Wildman–Crippen MR) is 114 cm³/mol. The van der Waals surface area contributed by atoms with Crippen LogP contribution < -0.4 is 0 Å². The Morgan fingerprint density at radius 1 is 0.966 bits per heavy atom. The molecule has 3 fully saturated rings. The standard InChI is InChI=1S/C24H35N3O2/c1-2-25(17-19-7-4-3-5-8-19)24(29)21-9-6-14-27(18-21)22-12-15-26(16-13-22)23(28)20-10-11-20/h3-5,7-8,20-22H,2,6,9-18H2,1H3. The second-order valence-corrected chi connectivity index (χ2v) is 9.00. The van der Waals surface area contributed by atoms with Crippen LogP contribution in [0.1, 0.15) is 51.0 Å². The summed E-state index contributed by atoms with van der Waals surface area (Å²) in [6.45, 7) is 7.30. The molecule has 4 rings (SSSR count). The molecule has 5 heteroatoms. The van der Waals surface area contributed by atoms with Crippen LogP contribution in [0.2, 0.25) is 0 Å². The summed E-state index contributed by atoms with van der Waals surface area (Å²) in [5, 5.41) is 0. The summed E-state index contributed by atoms with van der Waals surface area (Å²) in [5.74, 6) is 1.13. The Kier molecular flexibility index (Phi) is 6.53. The molecule has 1 unspecified atom stereocenters. The van der Waals surface area contributed by atoms with Crippen LogP contribution in [0.4, 0.5) is 0 Å². The number of hydrogen-bond acceptors (Lipinski definition) is 3. The van der Waals surface area contributed by atoms with Crippen LogP contribution in [0.3, 0.4) is 0 Å². The lowest BCUT2D eigenvalue weighted by atomic mass is 9.92. The molecule has 5 nitrogen and oxygen atoms in total. The zero-order chi connectivity index (χ0) is 20.2. The average molecular weight is 398 g/mol. The molecule has 2 amide bonds. The van der Waals surface area contributed by atoms with E-state index in [1.165, 1.54) is 5.56 Å². The minimum absolute atomic E-state index is 0.110. The van der Waals surface area contributed by atoms with E-state index in [0.29, 0.717) is 30.3 Å². The van der Waals surface area contributed by atoms with Gasteiger partial charge in [0.1, 0.15) is 0 Å². The van der Waals surface area contributed by atoms with E-state index in [1.54, 1.807) is 0 Å². The Morgan fingerprint density at radius 3 is 2.34 bits per heavy atom. The first-order valence-corrected chi connectivity index (χ1v) is 11.5. The number of carbonyl (C=O) groups excluding carboxylic acids is 2. The lowest BCUT2D eigenvalue weighted by Crippen LogP contribution is -2.52.